The minimum atomic E-state index is -4.23. The third-order valence-electron chi connectivity index (χ3n) is 4.17. The van der Waals surface area contributed by atoms with Gasteiger partial charge in [-0.3, -0.25) is 0 Å². The van der Waals surface area contributed by atoms with Gasteiger partial charge in [0.1, 0.15) is 0 Å². The molecule has 1 aliphatic rings. The molecule has 2 atom stereocenters. The molecule has 0 radical (unpaired) electrons. The van der Waals surface area contributed by atoms with Crippen molar-refractivity contribution < 1.29 is 17.9 Å². The van der Waals surface area contributed by atoms with Crippen molar-refractivity contribution in [3.63, 3.8) is 0 Å². The summed E-state index contributed by atoms with van der Waals surface area (Å²) in [7, 11) is 1.72. The van der Waals surface area contributed by atoms with Crippen LogP contribution in [-0.2, 0) is 11.3 Å². The maximum atomic E-state index is 12.2. The Bertz CT molecular complexity index is 473. The maximum absolute atomic E-state index is 12.2. The van der Waals surface area contributed by atoms with Crippen LogP contribution in [-0.4, -0.2) is 24.8 Å². The summed E-state index contributed by atoms with van der Waals surface area (Å²) in [6, 6.07) is 6.87. The first-order valence-corrected chi connectivity index (χ1v) is 7.65. The van der Waals surface area contributed by atoms with Crippen LogP contribution < -0.4 is 5.32 Å². The molecule has 1 fully saturated rings. The SMILES string of the molecule is COC1CC(NCc2ccc(SC(F)(F)F)cc2)C1(C)C. The van der Waals surface area contributed by atoms with Crippen molar-refractivity contribution in [1.29, 1.82) is 0 Å². The lowest BCUT2D eigenvalue weighted by atomic mass is 9.64. The Hall–Kier alpha value is -0.720. The lowest BCUT2D eigenvalue weighted by Gasteiger charge is -2.51. The topological polar surface area (TPSA) is 21.3 Å². The molecule has 1 saturated carbocycles. The van der Waals surface area contributed by atoms with Crippen LogP contribution in [0.4, 0.5) is 13.2 Å². The Morgan fingerprint density at radius 3 is 2.38 bits per heavy atom. The van der Waals surface area contributed by atoms with E-state index in [4.69, 9.17) is 4.74 Å². The summed E-state index contributed by atoms with van der Waals surface area (Å²) in [5.41, 5.74) is -3.16. The van der Waals surface area contributed by atoms with Crippen LogP contribution in [0.15, 0.2) is 29.2 Å². The van der Waals surface area contributed by atoms with E-state index in [9.17, 15) is 13.2 Å². The number of hydrogen-bond acceptors (Lipinski definition) is 3. The van der Waals surface area contributed by atoms with Crippen molar-refractivity contribution in [2.75, 3.05) is 7.11 Å². The molecule has 0 aliphatic heterocycles. The number of nitrogens with one attached hydrogen (secondary N) is 1. The van der Waals surface area contributed by atoms with Crippen molar-refractivity contribution in [1.82, 2.24) is 5.32 Å². The van der Waals surface area contributed by atoms with Gasteiger partial charge in [0.15, 0.2) is 0 Å². The van der Waals surface area contributed by atoms with E-state index in [0.29, 0.717) is 12.6 Å². The molecule has 6 heteroatoms. The minimum absolute atomic E-state index is 0.0842. The minimum Gasteiger partial charge on any atom is -0.381 e. The van der Waals surface area contributed by atoms with E-state index in [-0.39, 0.29) is 28.2 Å². The van der Waals surface area contributed by atoms with Gasteiger partial charge < -0.3 is 10.1 Å². The molecule has 1 aliphatic carbocycles. The van der Waals surface area contributed by atoms with Crippen LogP contribution in [0, 0.1) is 5.41 Å². The third kappa shape index (κ3) is 4.14. The van der Waals surface area contributed by atoms with E-state index >= 15 is 0 Å². The molecule has 0 saturated heterocycles. The number of hydrogen-bond donors (Lipinski definition) is 1. The number of rotatable bonds is 5. The number of benzene rings is 1. The molecule has 118 valence electrons. The van der Waals surface area contributed by atoms with Gasteiger partial charge in [-0.25, -0.2) is 0 Å². The van der Waals surface area contributed by atoms with Crippen molar-refractivity contribution in [2.24, 2.45) is 5.41 Å². The Morgan fingerprint density at radius 1 is 1.29 bits per heavy atom. The fraction of sp³-hybridized carbons (Fsp3) is 0.600. The van der Waals surface area contributed by atoms with Crippen LogP contribution in [0.25, 0.3) is 0 Å². The first-order valence-electron chi connectivity index (χ1n) is 6.83. The summed E-state index contributed by atoms with van der Waals surface area (Å²) in [5, 5.41) is 3.45. The second-order valence-electron chi connectivity index (χ2n) is 5.91. The van der Waals surface area contributed by atoms with E-state index in [1.807, 2.05) is 0 Å². The summed E-state index contributed by atoms with van der Waals surface area (Å²) >= 11 is -0.0844. The summed E-state index contributed by atoms with van der Waals surface area (Å²) in [5.74, 6) is 0. The highest BCUT2D eigenvalue weighted by Crippen LogP contribution is 2.42. The summed E-state index contributed by atoms with van der Waals surface area (Å²) in [6.45, 7) is 4.97. The highest BCUT2D eigenvalue weighted by molar-refractivity contribution is 8.00. The monoisotopic (exact) mass is 319 g/mol. The number of ether oxygens (including phenoxy) is 1. The van der Waals surface area contributed by atoms with Gasteiger partial charge in [0.25, 0.3) is 0 Å². The molecule has 2 unspecified atom stereocenters. The molecule has 0 aromatic heterocycles. The van der Waals surface area contributed by atoms with Gasteiger partial charge in [-0.05, 0) is 35.9 Å². The molecule has 0 spiro atoms. The van der Waals surface area contributed by atoms with Crippen molar-refractivity contribution in [3.05, 3.63) is 29.8 Å². The quantitative estimate of drug-likeness (QED) is 0.822. The Morgan fingerprint density at radius 2 is 1.90 bits per heavy atom. The molecule has 1 aromatic carbocycles. The predicted octanol–water partition coefficient (Wildman–Crippen LogP) is 4.20. The maximum Gasteiger partial charge on any atom is 0.446 e. The second-order valence-corrected chi connectivity index (χ2v) is 7.05. The Kier molecular flexibility index (Phi) is 4.90. The summed E-state index contributed by atoms with van der Waals surface area (Å²) in [6.07, 6.45) is 1.23. The second kappa shape index (κ2) is 6.18. The van der Waals surface area contributed by atoms with Crippen LogP contribution in [0.5, 0.6) is 0 Å². The van der Waals surface area contributed by atoms with Gasteiger partial charge in [-0.15, -0.1) is 0 Å². The van der Waals surface area contributed by atoms with Gasteiger partial charge in [0.05, 0.1) is 6.10 Å². The normalized spacial score (nSPS) is 24.7. The largest absolute Gasteiger partial charge is 0.446 e. The molecular weight excluding hydrogens is 299 g/mol. The van der Waals surface area contributed by atoms with Gasteiger partial charge in [0.2, 0.25) is 0 Å². The molecular formula is C15H20F3NOS. The molecule has 1 aromatic rings. The first kappa shape index (κ1) is 16.6. The van der Waals surface area contributed by atoms with Crippen LogP contribution in [0.2, 0.25) is 0 Å². The van der Waals surface area contributed by atoms with Crippen LogP contribution in [0.1, 0.15) is 25.8 Å². The van der Waals surface area contributed by atoms with E-state index in [1.165, 1.54) is 12.1 Å². The first-order chi connectivity index (χ1) is 9.72. The van der Waals surface area contributed by atoms with E-state index in [2.05, 4.69) is 19.2 Å². The lowest BCUT2D eigenvalue weighted by Crippen LogP contribution is -2.60. The van der Waals surface area contributed by atoms with E-state index < -0.39 is 5.51 Å². The molecule has 21 heavy (non-hydrogen) atoms. The van der Waals surface area contributed by atoms with E-state index in [0.717, 1.165) is 12.0 Å². The standard InChI is InChI=1S/C15H20F3NOS/c1-14(2)12(8-13(14)20-3)19-9-10-4-6-11(7-5-10)21-15(16,17)18/h4-7,12-13,19H,8-9H2,1-3H3. The fourth-order valence-corrected chi connectivity index (χ4v) is 3.22. The predicted molar refractivity (Wildman–Crippen MR) is 78.2 cm³/mol. The van der Waals surface area contributed by atoms with Crippen LogP contribution in [0.3, 0.4) is 0 Å². The zero-order valence-electron chi connectivity index (χ0n) is 12.3. The average molecular weight is 319 g/mol. The molecule has 0 heterocycles. The zero-order chi connectivity index (χ0) is 15.7. The summed E-state index contributed by atoms with van der Waals surface area (Å²) in [4.78, 5) is 0.217. The van der Waals surface area contributed by atoms with E-state index in [1.54, 1.807) is 19.2 Å². The summed E-state index contributed by atoms with van der Waals surface area (Å²) < 4.78 is 42.1. The molecule has 1 N–H and O–H groups in total. The number of methoxy groups -OCH3 is 1. The highest BCUT2D eigenvalue weighted by Gasteiger charge is 2.48. The molecule has 0 amide bonds. The van der Waals surface area contributed by atoms with Gasteiger partial charge in [-0.2, -0.15) is 13.2 Å². The van der Waals surface area contributed by atoms with Gasteiger partial charge >= 0.3 is 5.51 Å². The van der Waals surface area contributed by atoms with Crippen molar-refractivity contribution in [3.8, 4) is 0 Å². The van der Waals surface area contributed by atoms with Crippen LogP contribution >= 0.6 is 11.8 Å². The Balaban J connectivity index is 1.85. The van der Waals surface area contributed by atoms with Gasteiger partial charge in [-0.1, -0.05) is 26.0 Å². The molecule has 2 nitrogen and oxygen atoms in total. The lowest BCUT2D eigenvalue weighted by molar-refractivity contribution is -0.0979. The van der Waals surface area contributed by atoms with Crippen molar-refractivity contribution in [2.45, 2.75) is 49.4 Å². The molecule has 0 bridgehead atoms. The molecule has 2 rings (SSSR count). The smallest absolute Gasteiger partial charge is 0.381 e. The highest BCUT2D eigenvalue weighted by atomic mass is 32.2. The number of alkyl halides is 3. The third-order valence-corrected chi connectivity index (χ3v) is 4.91. The average Bonchev–Trinajstić information content (AvgIpc) is 2.38. The fourth-order valence-electron chi connectivity index (χ4n) is 2.68. The van der Waals surface area contributed by atoms with Crippen molar-refractivity contribution >= 4 is 11.8 Å². The number of halogens is 3. The zero-order valence-corrected chi connectivity index (χ0v) is 13.1. The Labute approximate surface area is 127 Å². The van der Waals surface area contributed by atoms with Gasteiger partial charge in [0, 0.05) is 30.0 Å². The number of thioether (sulfide) groups is 1.